The van der Waals surface area contributed by atoms with Gasteiger partial charge in [0.05, 0.1) is 9.15 Å². The quantitative estimate of drug-likeness (QED) is 0.478. The van der Waals surface area contributed by atoms with Crippen LogP contribution in [0.4, 0.5) is 0 Å². The second-order valence-corrected chi connectivity index (χ2v) is 9.64. The first-order valence-electron chi connectivity index (χ1n) is 4.19. The third kappa shape index (κ3) is 1.40. The molecule has 0 bridgehead atoms. The molecule has 0 fully saturated rings. The summed E-state index contributed by atoms with van der Waals surface area (Å²) in [4.78, 5) is 0.260. The van der Waals surface area contributed by atoms with Crippen molar-refractivity contribution in [1.29, 1.82) is 0 Å². The zero-order chi connectivity index (χ0) is 10.6. The molecule has 0 saturated carbocycles. The van der Waals surface area contributed by atoms with Crippen molar-refractivity contribution in [3.05, 3.63) is 35.4 Å². The summed E-state index contributed by atoms with van der Waals surface area (Å²) in [6.45, 7) is 2.16. The van der Waals surface area contributed by atoms with Gasteiger partial charge >= 0.3 is 0 Å². The maximum atomic E-state index is 3.78. The van der Waals surface area contributed by atoms with Crippen LogP contribution in [0.3, 0.4) is 0 Å². The van der Waals surface area contributed by atoms with Crippen LogP contribution in [0.1, 0.15) is 22.9 Å². The monoisotopic (exact) mass is 444 g/mol. The van der Waals surface area contributed by atoms with E-state index in [2.05, 4.69) is 94.9 Å². The van der Waals surface area contributed by atoms with Crippen molar-refractivity contribution in [2.24, 2.45) is 0 Å². The van der Waals surface area contributed by atoms with Gasteiger partial charge < -0.3 is 0 Å². The fourth-order valence-corrected chi connectivity index (χ4v) is 4.43. The average Bonchev–Trinajstić information content (AvgIpc) is 2.27. The molecule has 1 aromatic rings. The number of hydrogen-bond donors (Lipinski definition) is 0. The molecule has 1 aliphatic rings. The first kappa shape index (κ1) is 11.6. The highest BCUT2D eigenvalue weighted by atomic mass is 79.9. The van der Waals surface area contributed by atoms with Gasteiger partial charge in [0, 0.05) is 0 Å². The van der Waals surface area contributed by atoms with Crippen molar-refractivity contribution in [3.8, 4) is 0 Å². The van der Waals surface area contributed by atoms with Gasteiger partial charge in [-0.2, -0.15) is 0 Å². The topological polar surface area (TPSA) is 0 Å². The van der Waals surface area contributed by atoms with Gasteiger partial charge in [-0.25, -0.2) is 0 Å². The highest BCUT2D eigenvalue weighted by Gasteiger charge is 2.56. The van der Waals surface area contributed by atoms with Crippen molar-refractivity contribution in [3.63, 3.8) is 0 Å². The highest BCUT2D eigenvalue weighted by molar-refractivity contribution is 9.27. The summed E-state index contributed by atoms with van der Waals surface area (Å²) in [7, 11) is 0. The molecule has 2 atom stereocenters. The lowest BCUT2D eigenvalue weighted by Gasteiger charge is -2.31. The highest BCUT2D eigenvalue weighted by Crippen LogP contribution is 2.65. The first-order valence-corrected chi connectivity index (χ1v) is 7.48. The van der Waals surface area contributed by atoms with Gasteiger partial charge in [-0.15, -0.1) is 0 Å². The molecular weight excluding hydrogens is 440 g/mol. The van der Waals surface area contributed by atoms with Crippen LogP contribution in [0, 0.1) is 0 Å². The Hall–Kier alpha value is 1.14. The Kier molecular flexibility index (Phi) is 2.97. The summed E-state index contributed by atoms with van der Waals surface area (Å²) in [6, 6.07) is 8.44. The van der Waals surface area contributed by atoms with Crippen molar-refractivity contribution < 1.29 is 0 Å². The largest absolute Gasteiger partial charge is 0.116 e. The van der Waals surface area contributed by atoms with Crippen LogP contribution in [-0.2, 0) is 4.32 Å². The van der Waals surface area contributed by atoms with Gasteiger partial charge in [-0.1, -0.05) is 88.0 Å². The Morgan fingerprint density at radius 2 is 1.71 bits per heavy atom. The van der Waals surface area contributed by atoms with Crippen LogP contribution >= 0.6 is 63.7 Å². The van der Waals surface area contributed by atoms with Crippen molar-refractivity contribution in [1.82, 2.24) is 0 Å². The molecule has 0 heterocycles. The lowest BCUT2D eigenvalue weighted by Crippen LogP contribution is -2.30. The molecule has 0 nitrogen and oxygen atoms in total. The van der Waals surface area contributed by atoms with E-state index in [0.717, 1.165) is 0 Å². The molecule has 0 amide bonds. The third-order valence-corrected chi connectivity index (χ3v) is 9.71. The molecule has 76 valence electrons. The van der Waals surface area contributed by atoms with Crippen LogP contribution in [0.2, 0.25) is 0 Å². The van der Waals surface area contributed by atoms with E-state index in [1.807, 2.05) is 0 Å². The van der Waals surface area contributed by atoms with Crippen LogP contribution in [0.5, 0.6) is 0 Å². The SMILES string of the molecule is CC1(Br)c2ccccc2C(Br)C1(Br)Br. The minimum atomic E-state index is -0.184. The molecule has 0 aliphatic heterocycles. The Morgan fingerprint density at radius 3 is 2.29 bits per heavy atom. The van der Waals surface area contributed by atoms with E-state index < -0.39 is 0 Å². The summed E-state index contributed by atoms with van der Waals surface area (Å²) >= 11 is 15.0. The number of fused-ring (bicyclic) bond motifs is 1. The zero-order valence-electron chi connectivity index (χ0n) is 7.40. The summed E-state index contributed by atoms with van der Waals surface area (Å²) in [6.07, 6.45) is 0. The van der Waals surface area contributed by atoms with E-state index in [1.54, 1.807) is 0 Å². The number of hydrogen-bond acceptors (Lipinski definition) is 0. The van der Waals surface area contributed by atoms with Crippen molar-refractivity contribution in [2.45, 2.75) is 19.3 Å². The van der Waals surface area contributed by atoms with E-state index in [4.69, 9.17) is 0 Å². The van der Waals surface area contributed by atoms with Gasteiger partial charge in [0.1, 0.15) is 3.23 Å². The van der Waals surface area contributed by atoms with Gasteiger partial charge in [0.2, 0.25) is 0 Å². The average molecular weight is 448 g/mol. The molecule has 0 saturated heterocycles. The second-order valence-electron chi connectivity index (χ2n) is 3.58. The number of rotatable bonds is 0. The molecule has 0 aromatic heterocycles. The zero-order valence-corrected chi connectivity index (χ0v) is 13.7. The molecule has 2 unspecified atom stereocenters. The lowest BCUT2D eigenvalue weighted by atomic mass is 10.0. The molecule has 2 rings (SSSR count). The minimum Gasteiger partial charge on any atom is -0.0813 e. The molecule has 1 aliphatic carbocycles. The number of benzene rings is 1. The smallest absolute Gasteiger partial charge is 0.0813 e. The summed E-state index contributed by atoms with van der Waals surface area (Å²) in [5.41, 5.74) is 2.64. The molecule has 4 heteroatoms. The molecule has 0 N–H and O–H groups in total. The molecule has 14 heavy (non-hydrogen) atoms. The van der Waals surface area contributed by atoms with Crippen molar-refractivity contribution in [2.75, 3.05) is 0 Å². The van der Waals surface area contributed by atoms with Gasteiger partial charge in [-0.3, -0.25) is 0 Å². The van der Waals surface area contributed by atoms with E-state index in [9.17, 15) is 0 Å². The van der Waals surface area contributed by atoms with Crippen LogP contribution in [0.25, 0.3) is 0 Å². The maximum absolute atomic E-state index is 3.78. The summed E-state index contributed by atoms with van der Waals surface area (Å²) in [5, 5.41) is 0. The van der Waals surface area contributed by atoms with E-state index in [1.165, 1.54) is 11.1 Å². The van der Waals surface area contributed by atoms with E-state index in [-0.39, 0.29) is 12.4 Å². The minimum absolute atomic E-state index is 0.106. The standard InChI is InChI=1S/C10H8Br4/c1-9(12)7-5-3-2-4-6(7)8(11)10(9,13)14/h2-5,8H,1H3. The van der Waals surface area contributed by atoms with Gasteiger partial charge in [0.15, 0.2) is 0 Å². The number of halogens is 4. The van der Waals surface area contributed by atoms with E-state index >= 15 is 0 Å². The first-order chi connectivity index (χ1) is 6.39. The van der Waals surface area contributed by atoms with Crippen LogP contribution < -0.4 is 0 Å². The molecule has 1 aromatic carbocycles. The third-order valence-electron chi connectivity index (χ3n) is 2.68. The second kappa shape index (κ2) is 3.57. The summed E-state index contributed by atoms with van der Waals surface area (Å²) in [5.74, 6) is 0. The number of alkyl halides is 4. The van der Waals surface area contributed by atoms with Gasteiger partial charge in [-0.05, 0) is 18.1 Å². The van der Waals surface area contributed by atoms with Crippen LogP contribution in [-0.4, -0.2) is 3.23 Å². The Balaban J connectivity index is 2.68. The van der Waals surface area contributed by atoms with Crippen molar-refractivity contribution >= 4 is 63.7 Å². The molecule has 0 radical (unpaired) electrons. The predicted octanol–water partition coefficient (Wildman–Crippen LogP) is 5.23. The molecule has 0 spiro atoms. The maximum Gasteiger partial charge on any atom is 0.116 e. The fourth-order valence-electron chi connectivity index (χ4n) is 1.76. The van der Waals surface area contributed by atoms with Crippen LogP contribution in [0.15, 0.2) is 24.3 Å². The normalized spacial score (nSPS) is 34.2. The molecular formula is C10H8Br4. The Labute approximate surface area is 117 Å². The predicted molar refractivity (Wildman–Crippen MR) is 75.0 cm³/mol. The fraction of sp³-hybridized carbons (Fsp3) is 0.400. The Bertz CT molecular complexity index is 370. The Morgan fingerprint density at radius 1 is 1.14 bits per heavy atom. The lowest BCUT2D eigenvalue weighted by molar-refractivity contribution is 0.690. The van der Waals surface area contributed by atoms with E-state index in [0.29, 0.717) is 0 Å². The summed E-state index contributed by atoms with van der Waals surface area (Å²) < 4.78 is -0.290. The van der Waals surface area contributed by atoms with Gasteiger partial charge in [0.25, 0.3) is 0 Å².